The second-order valence-electron chi connectivity index (χ2n) is 4.04. The number of ether oxygens (including phenoxy) is 1. The number of fused-ring (bicyclic) bond motifs is 1. The summed E-state index contributed by atoms with van der Waals surface area (Å²) in [6, 6.07) is 16.3. The Labute approximate surface area is 101 Å². The molecule has 2 aromatic carbocycles. The SMILES string of the molecule is COc1ccc2c(c1)NB(c1ccccc1)N2. The van der Waals surface area contributed by atoms with Crippen LogP contribution in [-0.2, 0) is 0 Å². The summed E-state index contributed by atoms with van der Waals surface area (Å²) >= 11 is 0. The predicted molar refractivity (Wildman–Crippen MR) is 72.1 cm³/mol. The summed E-state index contributed by atoms with van der Waals surface area (Å²) in [5, 5.41) is 6.87. The van der Waals surface area contributed by atoms with Crippen LogP contribution in [0.15, 0.2) is 48.5 Å². The highest BCUT2D eigenvalue weighted by molar-refractivity contribution is 6.80. The fourth-order valence-corrected chi connectivity index (χ4v) is 2.05. The molecule has 3 rings (SSSR count). The van der Waals surface area contributed by atoms with Gasteiger partial charge in [0.25, 0.3) is 0 Å². The number of methoxy groups -OCH3 is 1. The minimum atomic E-state index is 0.137. The van der Waals surface area contributed by atoms with Gasteiger partial charge in [-0.2, -0.15) is 0 Å². The lowest BCUT2D eigenvalue weighted by Crippen LogP contribution is -2.41. The van der Waals surface area contributed by atoms with Gasteiger partial charge in [0.05, 0.1) is 7.11 Å². The van der Waals surface area contributed by atoms with E-state index in [-0.39, 0.29) is 6.98 Å². The van der Waals surface area contributed by atoms with Crippen LogP contribution in [0, 0.1) is 0 Å². The quantitative estimate of drug-likeness (QED) is 0.764. The molecule has 1 heterocycles. The van der Waals surface area contributed by atoms with Crippen LogP contribution in [-0.4, -0.2) is 14.1 Å². The van der Waals surface area contributed by atoms with Crippen LogP contribution in [0.5, 0.6) is 5.75 Å². The molecule has 0 saturated carbocycles. The molecule has 0 unspecified atom stereocenters. The van der Waals surface area contributed by atoms with E-state index in [9.17, 15) is 0 Å². The molecule has 0 aromatic heterocycles. The van der Waals surface area contributed by atoms with Gasteiger partial charge in [-0.05, 0) is 17.6 Å². The van der Waals surface area contributed by atoms with Crippen molar-refractivity contribution in [2.45, 2.75) is 0 Å². The summed E-state index contributed by atoms with van der Waals surface area (Å²) in [6.45, 7) is 0.137. The first kappa shape index (κ1) is 10.1. The van der Waals surface area contributed by atoms with Crippen LogP contribution in [0.25, 0.3) is 0 Å². The Kier molecular flexibility index (Phi) is 2.40. The molecule has 0 saturated heterocycles. The van der Waals surface area contributed by atoms with Gasteiger partial charge in [-0.25, -0.2) is 0 Å². The molecule has 0 bridgehead atoms. The molecule has 2 N–H and O–H groups in total. The van der Waals surface area contributed by atoms with E-state index in [1.807, 2.05) is 36.4 Å². The van der Waals surface area contributed by atoms with Gasteiger partial charge in [0.1, 0.15) is 5.75 Å². The Morgan fingerprint density at radius 3 is 2.47 bits per heavy atom. The maximum absolute atomic E-state index is 5.21. The number of hydrogen-bond acceptors (Lipinski definition) is 3. The van der Waals surface area contributed by atoms with E-state index in [1.54, 1.807) is 7.11 Å². The summed E-state index contributed by atoms with van der Waals surface area (Å²) in [5.74, 6) is 0.867. The molecule has 0 amide bonds. The van der Waals surface area contributed by atoms with Crippen LogP contribution < -0.4 is 20.7 Å². The molecule has 4 heteroatoms. The summed E-state index contributed by atoms with van der Waals surface area (Å²) < 4.78 is 5.21. The van der Waals surface area contributed by atoms with E-state index in [2.05, 4.69) is 22.6 Å². The number of nitrogens with one attached hydrogen (secondary N) is 2. The van der Waals surface area contributed by atoms with Gasteiger partial charge < -0.3 is 15.2 Å². The van der Waals surface area contributed by atoms with Crippen LogP contribution in [0.1, 0.15) is 0 Å². The van der Waals surface area contributed by atoms with Crippen molar-refractivity contribution in [3.05, 3.63) is 48.5 Å². The van der Waals surface area contributed by atoms with Gasteiger partial charge in [0.15, 0.2) is 0 Å². The Bertz CT molecular complexity index is 530. The molecule has 0 fully saturated rings. The average molecular weight is 224 g/mol. The third-order valence-electron chi connectivity index (χ3n) is 2.96. The van der Waals surface area contributed by atoms with Gasteiger partial charge >= 0.3 is 6.98 Å². The number of benzene rings is 2. The molecular formula is C13H13BN2O. The second-order valence-corrected chi connectivity index (χ2v) is 4.04. The Balaban J connectivity index is 1.88. The van der Waals surface area contributed by atoms with E-state index in [1.165, 1.54) is 5.46 Å². The molecule has 1 aliphatic rings. The standard InChI is InChI=1S/C13H13BN2O/c1-17-11-7-8-12-13(9-11)16-14(15-12)10-5-3-2-4-6-10/h2-9,15-16H,1H3. The maximum Gasteiger partial charge on any atom is 0.406 e. The first-order valence-electron chi connectivity index (χ1n) is 5.63. The van der Waals surface area contributed by atoms with Gasteiger partial charge in [-0.15, -0.1) is 0 Å². The van der Waals surface area contributed by atoms with E-state index in [0.717, 1.165) is 17.1 Å². The van der Waals surface area contributed by atoms with Gasteiger partial charge in [-0.3, -0.25) is 0 Å². The monoisotopic (exact) mass is 224 g/mol. The molecule has 0 radical (unpaired) electrons. The highest BCUT2D eigenvalue weighted by Gasteiger charge is 2.26. The Morgan fingerprint density at radius 2 is 1.71 bits per heavy atom. The number of rotatable bonds is 2. The molecule has 2 aromatic rings. The van der Waals surface area contributed by atoms with Crippen LogP contribution in [0.2, 0.25) is 0 Å². The van der Waals surface area contributed by atoms with E-state index in [0.29, 0.717) is 0 Å². The van der Waals surface area contributed by atoms with Crippen molar-refractivity contribution >= 4 is 23.8 Å². The van der Waals surface area contributed by atoms with Crippen LogP contribution >= 0.6 is 0 Å². The molecule has 17 heavy (non-hydrogen) atoms. The summed E-state index contributed by atoms with van der Waals surface area (Å²) in [7, 11) is 1.68. The Hall–Kier alpha value is -2.10. The average Bonchev–Trinajstić information content (AvgIpc) is 2.82. The first-order valence-corrected chi connectivity index (χ1v) is 5.63. The van der Waals surface area contributed by atoms with Gasteiger partial charge in [-0.1, -0.05) is 30.3 Å². The van der Waals surface area contributed by atoms with Gasteiger partial charge in [0.2, 0.25) is 0 Å². The zero-order valence-electron chi connectivity index (χ0n) is 9.60. The fourth-order valence-electron chi connectivity index (χ4n) is 2.05. The molecule has 84 valence electrons. The molecule has 0 atom stereocenters. The van der Waals surface area contributed by atoms with Gasteiger partial charge in [0, 0.05) is 17.4 Å². The number of hydrogen-bond donors (Lipinski definition) is 2. The minimum absolute atomic E-state index is 0.137. The first-order chi connectivity index (χ1) is 8.36. The third kappa shape index (κ3) is 1.82. The highest BCUT2D eigenvalue weighted by atomic mass is 16.5. The molecular weight excluding hydrogens is 211 g/mol. The lowest BCUT2D eigenvalue weighted by molar-refractivity contribution is 0.415. The second kappa shape index (κ2) is 4.05. The van der Waals surface area contributed by atoms with Crippen molar-refractivity contribution in [1.82, 2.24) is 0 Å². The lowest BCUT2D eigenvalue weighted by Gasteiger charge is -2.06. The molecule has 1 aliphatic heterocycles. The van der Waals surface area contributed by atoms with Crippen molar-refractivity contribution in [2.75, 3.05) is 17.6 Å². The zero-order chi connectivity index (χ0) is 11.7. The smallest absolute Gasteiger partial charge is 0.406 e. The maximum atomic E-state index is 5.21. The summed E-state index contributed by atoms with van der Waals surface area (Å²) in [5.41, 5.74) is 3.42. The topological polar surface area (TPSA) is 33.3 Å². The minimum Gasteiger partial charge on any atom is -0.497 e. The molecule has 3 nitrogen and oxygen atoms in total. The summed E-state index contributed by atoms with van der Waals surface area (Å²) in [4.78, 5) is 0. The van der Waals surface area contributed by atoms with Crippen LogP contribution in [0.3, 0.4) is 0 Å². The normalized spacial score (nSPS) is 12.6. The Morgan fingerprint density at radius 1 is 0.941 bits per heavy atom. The van der Waals surface area contributed by atoms with Crippen molar-refractivity contribution in [2.24, 2.45) is 0 Å². The highest BCUT2D eigenvalue weighted by Crippen LogP contribution is 2.31. The lowest BCUT2D eigenvalue weighted by atomic mass is 9.69. The van der Waals surface area contributed by atoms with Crippen molar-refractivity contribution in [1.29, 1.82) is 0 Å². The zero-order valence-corrected chi connectivity index (χ0v) is 9.60. The largest absolute Gasteiger partial charge is 0.497 e. The predicted octanol–water partition coefficient (Wildman–Crippen LogP) is 1.93. The van der Waals surface area contributed by atoms with Crippen molar-refractivity contribution in [3.63, 3.8) is 0 Å². The third-order valence-corrected chi connectivity index (χ3v) is 2.96. The number of anilines is 2. The van der Waals surface area contributed by atoms with Crippen LogP contribution in [0.4, 0.5) is 11.4 Å². The fraction of sp³-hybridized carbons (Fsp3) is 0.0769. The van der Waals surface area contributed by atoms with E-state index in [4.69, 9.17) is 4.74 Å². The van der Waals surface area contributed by atoms with Crippen molar-refractivity contribution in [3.8, 4) is 5.75 Å². The molecule has 0 spiro atoms. The molecule has 0 aliphatic carbocycles. The van der Waals surface area contributed by atoms with Crippen molar-refractivity contribution < 1.29 is 4.74 Å². The van der Waals surface area contributed by atoms with E-state index >= 15 is 0 Å². The van der Waals surface area contributed by atoms with E-state index < -0.39 is 0 Å². The summed E-state index contributed by atoms with van der Waals surface area (Å²) in [6.07, 6.45) is 0.